The molecule has 0 radical (unpaired) electrons. The fourth-order valence-corrected chi connectivity index (χ4v) is 1.83. The Balaban J connectivity index is 2.30. The maximum absolute atomic E-state index is 11.7. The zero-order valence-electron chi connectivity index (χ0n) is 12.6. The molecule has 20 heavy (non-hydrogen) atoms. The van der Waals surface area contributed by atoms with E-state index in [-0.39, 0.29) is 11.9 Å². The largest absolute Gasteiger partial charge is 0.465 e. The molecule has 0 aromatic heterocycles. The Labute approximate surface area is 122 Å². The summed E-state index contributed by atoms with van der Waals surface area (Å²) in [5.74, 6) is 0.489. The lowest BCUT2D eigenvalue weighted by atomic mass is 10.1. The monoisotopic (exact) mass is 272 g/mol. The number of ether oxygens (including phenoxy) is 1. The Morgan fingerprint density at radius 1 is 1.15 bits per heavy atom. The van der Waals surface area contributed by atoms with Crippen molar-refractivity contribution in [2.75, 3.05) is 6.61 Å². The van der Waals surface area contributed by atoms with Gasteiger partial charge in [-0.15, -0.1) is 0 Å². The molecule has 0 amide bonds. The number of allylic oxidation sites excluding steroid dienone is 3. The van der Waals surface area contributed by atoms with Crippen molar-refractivity contribution in [2.24, 2.45) is 11.8 Å². The maximum atomic E-state index is 11.7. The van der Waals surface area contributed by atoms with E-state index in [1.54, 1.807) is 0 Å². The summed E-state index contributed by atoms with van der Waals surface area (Å²) in [6, 6.07) is 9.66. The number of hydrogen-bond donors (Lipinski definition) is 0. The lowest BCUT2D eigenvalue weighted by Gasteiger charge is -2.09. The Hall–Kier alpha value is -1.83. The topological polar surface area (TPSA) is 26.3 Å². The smallest absolute Gasteiger partial charge is 0.310 e. The number of benzene rings is 1. The van der Waals surface area contributed by atoms with E-state index in [9.17, 15) is 4.79 Å². The SMILES string of the molecule is C/C=C/C(C)/C=C/C(C)COC(=O)Cc1ccccc1. The summed E-state index contributed by atoms with van der Waals surface area (Å²) in [6.45, 7) is 6.63. The molecule has 2 nitrogen and oxygen atoms in total. The molecule has 2 atom stereocenters. The van der Waals surface area contributed by atoms with Crippen molar-refractivity contribution in [3.05, 3.63) is 60.2 Å². The molecule has 0 aliphatic carbocycles. The fraction of sp³-hybridized carbons (Fsp3) is 0.389. The molecule has 0 aliphatic rings. The van der Waals surface area contributed by atoms with Crippen LogP contribution in [0.4, 0.5) is 0 Å². The first kappa shape index (κ1) is 16.2. The van der Waals surface area contributed by atoms with Gasteiger partial charge in [0.05, 0.1) is 13.0 Å². The Morgan fingerprint density at radius 3 is 2.50 bits per heavy atom. The van der Waals surface area contributed by atoms with Gasteiger partial charge in [-0.3, -0.25) is 4.79 Å². The molecule has 108 valence electrons. The van der Waals surface area contributed by atoms with E-state index in [1.807, 2.05) is 43.3 Å². The van der Waals surface area contributed by atoms with E-state index in [2.05, 4.69) is 32.1 Å². The van der Waals surface area contributed by atoms with Crippen molar-refractivity contribution in [3.8, 4) is 0 Å². The van der Waals surface area contributed by atoms with Crippen LogP contribution in [-0.4, -0.2) is 12.6 Å². The first-order chi connectivity index (χ1) is 9.61. The zero-order chi connectivity index (χ0) is 14.8. The van der Waals surface area contributed by atoms with Gasteiger partial charge in [0.25, 0.3) is 0 Å². The van der Waals surface area contributed by atoms with E-state index < -0.39 is 0 Å². The van der Waals surface area contributed by atoms with Crippen LogP contribution in [0, 0.1) is 11.8 Å². The van der Waals surface area contributed by atoms with E-state index in [1.165, 1.54) is 0 Å². The first-order valence-electron chi connectivity index (χ1n) is 7.12. The molecule has 1 aromatic rings. The predicted octanol–water partition coefficient (Wildman–Crippen LogP) is 4.18. The lowest BCUT2D eigenvalue weighted by Crippen LogP contribution is -2.12. The van der Waals surface area contributed by atoms with Crippen LogP contribution in [0.1, 0.15) is 26.3 Å². The van der Waals surface area contributed by atoms with E-state index in [0.717, 1.165) is 5.56 Å². The molecule has 2 unspecified atom stereocenters. The van der Waals surface area contributed by atoms with E-state index in [4.69, 9.17) is 4.74 Å². The van der Waals surface area contributed by atoms with Crippen molar-refractivity contribution in [1.29, 1.82) is 0 Å². The van der Waals surface area contributed by atoms with Crippen LogP contribution >= 0.6 is 0 Å². The predicted molar refractivity (Wildman–Crippen MR) is 83.4 cm³/mol. The van der Waals surface area contributed by atoms with Crippen molar-refractivity contribution < 1.29 is 9.53 Å². The van der Waals surface area contributed by atoms with Crippen LogP contribution in [0.3, 0.4) is 0 Å². The second-order valence-electron chi connectivity index (χ2n) is 5.09. The van der Waals surface area contributed by atoms with Crippen LogP contribution in [0.25, 0.3) is 0 Å². The number of carbonyl (C=O) groups excluding carboxylic acids is 1. The van der Waals surface area contributed by atoms with Gasteiger partial charge in [-0.05, 0) is 18.4 Å². The molecule has 0 bridgehead atoms. The van der Waals surface area contributed by atoms with Crippen molar-refractivity contribution in [1.82, 2.24) is 0 Å². The number of esters is 1. The highest BCUT2D eigenvalue weighted by Crippen LogP contribution is 2.06. The van der Waals surface area contributed by atoms with Crippen LogP contribution < -0.4 is 0 Å². The van der Waals surface area contributed by atoms with Crippen molar-refractivity contribution in [3.63, 3.8) is 0 Å². The van der Waals surface area contributed by atoms with Gasteiger partial charge in [-0.2, -0.15) is 0 Å². The molecular formula is C18H24O2. The lowest BCUT2D eigenvalue weighted by molar-refractivity contribution is -0.143. The Morgan fingerprint density at radius 2 is 1.85 bits per heavy atom. The highest BCUT2D eigenvalue weighted by molar-refractivity contribution is 5.72. The zero-order valence-corrected chi connectivity index (χ0v) is 12.6. The minimum atomic E-state index is -0.169. The second kappa shape index (κ2) is 9.13. The molecule has 0 fully saturated rings. The van der Waals surface area contributed by atoms with Gasteiger partial charge in [0.15, 0.2) is 0 Å². The third kappa shape index (κ3) is 6.93. The summed E-state index contributed by atoms with van der Waals surface area (Å²) < 4.78 is 5.29. The average molecular weight is 272 g/mol. The van der Waals surface area contributed by atoms with Crippen LogP contribution in [0.15, 0.2) is 54.6 Å². The summed E-state index contributed by atoms with van der Waals surface area (Å²) in [5.41, 5.74) is 0.988. The molecule has 1 rings (SSSR count). The minimum Gasteiger partial charge on any atom is -0.465 e. The van der Waals surface area contributed by atoms with E-state index in [0.29, 0.717) is 18.9 Å². The highest BCUT2D eigenvalue weighted by atomic mass is 16.5. The number of rotatable bonds is 7. The van der Waals surface area contributed by atoms with Gasteiger partial charge in [0.1, 0.15) is 0 Å². The standard InChI is InChI=1S/C18H24O2/c1-4-8-15(2)11-12-16(3)14-20-18(19)13-17-9-6-5-7-10-17/h4-12,15-16H,13-14H2,1-3H3/b8-4+,12-11+. The summed E-state index contributed by atoms with van der Waals surface area (Å²) in [4.78, 5) is 11.7. The molecule has 0 N–H and O–H groups in total. The Bertz CT molecular complexity index is 446. The second-order valence-corrected chi connectivity index (χ2v) is 5.09. The molecule has 0 saturated heterocycles. The number of carbonyl (C=O) groups is 1. The highest BCUT2D eigenvalue weighted by Gasteiger charge is 2.06. The van der Waals surface area contributed by atoms with Crippen molar-refractivity contribution in [2.45, 2.75) is 27.2 Å². The average Bonchev–Trinajstić information content (AvgIpc) is 2.44. The van der Waals surface area contributed by atoms with Crippen LogP contribution in [-0.2, 0) is 16.0 Å². The van der Waals surface area contributed by atoms with Crippen LogP contribution in [0.2, 0.25) is 0 Å². The summed E-state index contributed by atoms with van der Waals surface area (Å²) in [5, 5.41) is 0. The van der Waals surface area contributed by atoms with Gasteiger partial charge in [0.2, 0.25) is 0 Å². The van der Waals surface area contributed by atoms with Crippen LogP contribution in [0.5, 0.6) is 0 Å². The molecule has 0 heterocycles. The quantitative estimate of drug-likeness (QED) is 0.550. The Kier molecular flexibility index (Phi) is 7.41. The molecule has 2 heteroatoms. The molecule has 0 spiro atoms. The third-order valence-corrected chi connectivity index (χ3v) is 2.94. The van der Waals surface area contributed by atoms with E-state index >= 15 is 0 Å². The normalized spacial score (nSPS) is 14.6. The van der Waals surface area contributed by atoms with Gasteiger partial charge in [0, 0.05) is 5.92 Å². The molecule has 0 aliphatic heterocycles. The fourth-order valence-electron chi connectivity index (χ4n) is 1.83. The molecule has 0 saturated carbocycles. The summed E-state index contributed by atoms with van der Waals surface area (Å²) in [6.07, 6.45) is 8.74. The van der Waals surface area contributed by atoms with Gasteiger partial charge >= 0.3 is 5.97 Å². The summed E-state index contributed by atoms with van der Waals surface area (Å²) >= 11 is 0. The minimum absolute atomic E-state index is 0.169. The maximum Gasteiger partial charge on any atom is 0.310 e. The molecule has 1 aromatic carbocycles. The molecular weight excluding hydrogens is 248 g/mol. The third-order valence-electron chi connectivity index (χ3n) is 2.94. The van der Waals surface area contributed by atoms with Gasteiger partial charge in [-0.25, -0.2) is 0 Å². The van der Waals surface area contributed by atoms with Crippen molar-refractivity contribution >= 4 is 5.97 Å². The number of hydrogen-bond acceptors (Lipinski definition) is 2. The summed E-state index contributed by atoms with van der Waals surface area (Å²) in [7, 11) is 0. The van der Waals surface area contributed by atoms with Gasteiger partial charge < -0.3 is 4.74 Å². The first-order valence-corrected chi connectivity index (χ1v) is 7.12. The van der Waals surface area contributed by atoms with Gasteiger partial charge in [-0.1, -0.05) is 68.5 Å².